The van der Waals surface area contributed by atoms with Crippen LogP contribution < -0.4 is 0 Å². The van der Waals surface area contributed by atoms with Gasteiger partial charge in [0.25, 0.3) is 0 Å². The van der Waals surface area contributed by atoms with Crippen LogP contribution in [0.4, 0.5) is 0 Å². The van der Waals surface area contributed by atoms with Gasteiger partial charge < -0.3 is 10.1 Å². The van der Waals surface area contributed by atoms with E-state index >= 15 is 0 Å². The van der Waals surface area contributed by atoms with Crippen molar-refractivity contribution in [2.24, 2.45) is 0 Å². The highest BCUT2D eigenvalue weighted by atomic mass is 79.9. The molecule has 16 heavy (non-hydrogen) atoms. The van der Waals surface area contributed by atoms with Crippen LogP contribution in [0.3, 0.4) is 0 Å². The van der Waals surface area contributed by atoms with Crippen molar-refractivity contribution in [1.29, 1.82) is 0 Å². The summed E-state index contributed by atoms with van der Waals surface area (Å²) < 4.78 is 1.04. The molecule has 0 unspecified atom stereocenters. The lowest BCUT2D eigenvalue weighted by molar-refractivity contribution is -0.137. The number of nitrogens with one attached hydrogen (secondary N) is 1. The van der Waals surface area contributed by atoms with E-state index in [9.17, 15) is 4.79 Å². The molecule has 0 aliphatic rings. The number of halogens is 1. The molecule has 3 nitrogen and oxygen atoms in total. The van der Waals surface area contributed by atoms with Crippen LogP contribution in [0.5, 0.6) is 0 Å². The Morgan fingerprint density at radius 2 is 2.25 bits per heavy atom. The van der Waals surface area contributed by atoms with Gasteiger partial charge in [-0.15, -0.1) is 0 Å². The zero-order chi connectivity index (χ0) is 11.5. The van der Waals surface area contributed by atoms with E-state index in [1.54, 1.807) is 0 Å². The normalized spacial score (nSPS) is 10.8. The van der Waals surface area contributed by atoms with Gasteiger partial charge in [-0.05, 0) is 46.5 Å². The molecule has 1 aromatic carbocycles. The molecule has 0 saturated heterocycles. The number of aromatic amines is 1. The molecule has 1 heterocycles. The number of H-pyrrole nitrogens is 1. The molecule has 2 aromatic rings. The van der Waals surface area contributed by atoms with Crippen molar-refractivity contribution >= 4 is 32.8 Å². The van der Waals surface area contributed by atoms with E-state index < -0.39 is 5.97 Å². The van der Waals surface area contributed by atoms with Gasteiger partial charge in [-0.25, -0.2) is 0 Å². The van der Waals surface area contributed by atoms with E-state index in [1.807, 2.05) is 18.3 Å². The molecule has 0 amide bonds. The molecule has 0 radical (unpaired) electrons. The standard InChI is InChI=1S/C12H12BrNO2/c13-10-7-14-11-5-4-8(6-9(10)11)2-1-3-12(15)16/h4-7,14H,1-3H2,(H,15,16). The van der Waals surface area contributed by atoms with Crippen molar-refractivity contribution in [1.82, 2.24) is 4.98 Å². The zero-order valence-corrected chi connectivity index (χ0v) is 10.3. The number of carboxylic acid groups (broad SMARTS) is 1. The van der Waals surface area contributed by atoms with Gasteiger partial charge in [-0.3, -0.25) is 4.79 Å². The summed E-state index contributed by atoms with van der Waals surface area (Å²) in [6.07, 6.45) is 3.63. The minimum Gasteiger partial charge on any atom is -0.481 e. The van der Waals surface area contributed by atoms with Gasteiger partial charge in [0, 0.05) is 28.0 Å². The molecule has 4 heteroatoms. The van der Waals surface area contributed by atoms with Crippen molar-refractivity contribution in [3.8, 4) is 0 Å². The van der Waals surface area contributed by atoms with Gasteiger partial charge in [-0.2, -0.15) is 0 Å². The van der Waals surface area contributed by atoms with Gasteiger partial charge in [-0.1, -0.05) is 6.07 Å². The molecule has 0 saturated carbocycles. The number of rotatable bonds is 4. The predicted molar refractivity (Wildman–Crippen MR) is 66.6 cm³/mol. The van der Waals surface area contributed by atoms with Crippen LogP contribution in [-0.2, 0) is 11.2 Å². The first-order chi connectivity index (χ1) is 7.66. The van der Waals surface area contributed by atoms with E-state index in [4.69, 9.17) is 5.11 Å². The first-order valence-corrected chi connectivity index (χ1v) is 5.93. The lowest BCUT2D eigenvalue weighted by atomic mass is 10.1. The molecule has 0 aliphatic carbocycles. The Bertz CT molecular complexity index is 519. The molecule has 0 spiro atoms. The minimum absolute atomic E-state index is 0.229. The van der Waals surface area contributed by atoms with Crippen LogP contribution in [0, 0.1) is 0 Å². The maximum Gasteiger partial charge on any atom is 0.303 e. The lowest BCUT2D eigenvalue weighted by Crippen LogP contribution is -1.95. The number of fused-ring (bicyclic) bond motifs is 1. The topological polar surface area (TPSA) is 53.1 Å². The number of hydrogen-bond acceptors (Lipinski definition) is 1. The summed E-state index contributed by atoms with van der Waals surface area (Å²) in [6.45, 7) is 0. The first kappa shape index (κ1) is 11.2. The highest BCUT2D eigenvalue weighted by molar-refractivity contribution is 9.10. The van der Waals surface area contributed by atoms with Crippen molar-refractivity contribution in [3.05, 3.63) is 34.4 Å². The van der Waals surface area contributed by atoms with Crippen LogP contribution in [0.25, 0.3) is 10.9 Å². The number of carboxylic acids is 1. The van der Waals surface area contributed by atoms with E-state index in [-0.39, 0.29) is 6.42 Å². The molecule has 84 valence electrons. The number of aromatic nitrogens is 1. The molecule has 0 atom stereocenters. The van der Waals surface area contributed by atoms with Crippen molar-refractivity contribution in [2.75, 3.05) is 0 Å². The average Bonchev–Trinajstić information content (AvgIpc) is 2.60. The molecule has 0 fully saturated rings. The highest BCUT2D eigenvalue weighted by Crippen LogP contribution is 2.24. The lowest BCUT2D eigenvalue weighted by Gasteiger charge is -2.00. The fourth-order valence-electron chi connectivity index (χ4n) is 1.73. The summed E-state index contributed by atoms with van der Waals surface area (Å²) >= 11 is 3.47. The summed E-state index contributed by atoms with van der Waals surface area (Å²) in [5.41, 5.74) is 2.27. The second-order valence-corrected chi connectivity index (χ2v) is 4.62. The second-order valence-electron chi connectivity index (χ2n) is 3.76. The third-order valence-electron chi connectivity index (χ3n) is 2.55. The second kappa shape index (κ2) is 4.70. The number of aryl methyl sites for hydroxylation is 1. The Labute approximate surface area is 102 Å². The Hall–Kier alpha value is -1.29. The molecule has 2 N–H and O–H groups in total. The SMILES string of the molecule is O=C(O)CCCc1ccc2[nH]cc(Br)c2c1. The first-order valence-electron chi connectivity index (χ1n) is 5.14. The maximum atomic E-state index is 10.4. The quantitative estimate of drug-likeness (QED) is 0.903. The molecule has 1 aromatic heterocycles. The Balaban J connectivity index is 2.12. The molecule has 2 rings (SSSR count). The molecular weight excluding hydrogens is 270 g/mol. The highest BCUT2D eigenvalue weighted by Gasteiger charge is 2.03. The smallest absolute Gasteiger partial charge is 0.303 e. The molecular formula is C12H12BrNO2. The number of benzene rings is 1. The van der Waals surface area contributed by atoms with Crippen LogP contribution in [-0.4, -0.2) is 16.1 Å². The van der Waals surface area contributed by atoms with Gasteiger partial charge in [0.05, 0.1) is 0 Å². The van der Waals surface area contributed by atoms with Crippen molar-refractivity contribution < 1.29 is 9.90 Å². The summed E-state index contributed by atoms with van der Waals surface area (Å²) in [5, 5.41) is 9.71. The summed E-state index contributed by atoms with van der Waals surface area (Å²) in [7, 11) is 0. The van der Waals surface area contributed by atoms with Crippen LogP contribution in [0.15, 0.2) is 28.9 Å². The Morgan fingerprint density at radius 3 is 3.00 bits per heavy atom. The van der Waals surface area contributed by atoms with Gasteiger partial charge in [0.2, 0.25) is 0 Å². The number of carbonyl (C=O) groups is 1. The Morgan fingerprint density at radius 1 is 1.44 bits per heavy atom. The minimum atomic E-state index is -0.732. The van der Waals surface area contributed by atoms with Crippen LogP contribution in [0.1, 0.15) is 18.4 Å². The number of aliphatic carboxylic acids is 1. The molecule has 0 bridgehead atoms. The maximum absolute atomic E-state index is 10.4. The third kappa shape index (κ3) is 2.44. The Kier molecular flexibility index (Phi) is 3.29. The largest absolute Gasteiger partial charge is 0.481 e. The van der Waals surface area contributed by atoms with Gasteiger partial charge in [0.15, 0.2) is 0 Å². The zero-order valence-electron chi connectivity index (χ0n) is 8.66. The monoisotopic (exact) mass is 281 g/mol. The van der Waals surface area contributed by atoms with Gasteiger partial charge >= 0.3 is 5.97 Å². The van der Waals surface area contributed by atoms with E-state index in [0.29, 0.717) is 6.42 Å². The molecule has 0 aliphatic heterocycles. The van der Waals surface area contributed by atoms with E-state index in [2.05, 4.69) is 27.0 Å². The third-order valence-corrected chi connectivity index (χ3v) is 3.21. The summed E-state index contributed by atoms with van der Waals surface area (Å²) in [4.78, 5) is 13.6. The fourth-order valence-corrected chi connectivity index (χ4v) is 2.18. The average molecular weight is 282 g/mol. The number of hydrogen-bond donors (Lipinski definition) is 2. The van der Waals surface area contributed by atoms with Crippen molar-refractivity contribution in [2.45, 2.75) is 19.3 Å². The van der Waals surface area contributed by atoms with Crippen LogP contribution in [0.2, 0.25) is 0 Å². The van der Waals surface area contributed by atoms with Gasteiger partial charge in [0.1, 0.15) is 0 Å². The van der Waals surface area contributed by atoms with Crippen LogP contribution >= 0.6 is 15.9 Å². The van der Waals surface area contributed by atoms with E-state index in [0.717, 1.165) is 21.8 Å². The predicted octanol–water partition coefficient (Wildman–Crippen LogP) is 3.34. The fraction of sp³-hybridized carbons (Fsp3) is 0.250. The van der Waals surface area contributed by atoms with Crippen molar-refractivity contribution in [3.63, 3.8) is 0 Å². The summed E-state index contributed by atoms with van der Waals surface area (Å²) in [6, 6.07) is 6.15. The van der Waals surface area contributed by atoms with E-state index in [1.165, 1.54) is 5.56 Å². The summed E-state index contributed by atoms with van der Waals surface area (Å²) in [5.74, 6) is -0.732.